The first-order valence-corrected chi connectivity index (χ1v) is 6.67. The van der Waals surface area contributed by atoms with Crippen LogP contribution >= 0.6 is 0 Å². The summed E-state index contributed by atoms with van der Waals surface area (Å²) in [5, 5.41) is 0. The van der Waals surface area contributed by atoms with E-state index in [2.05, 4.69) is 9.98 Å². The molecule has 0 aliphatic carbocycles. The Morgan fingerprint density at radius 1 is 0.810 bits per heavy atom. The second-order valence-corrected chi connectivity index (χ2v) is 4.45. The number of para-hydroxylation sites is 1. The Labute approximate surface area is 123 Å². The highest BCUT2D eigenvalue weighted by molar-refractivity contribution is 5.81. The van der Waals surface area contributed by atoms with Gasteiger partial charge in [0.05, 0.1) is 5.69 Å². The quantitative estimate of drug-likeness (QED) is 0.650. The van der Waals surface area contributed by atoms with E-state index < -0.39 is 0 Å². The molecule has 0 N–H and O–H groups in total. The lowest BCUT2D eigenvalue weighted by Crippen LogP contribution is -1.83. The highest BCUT2D eigenvalue weighted by Crippen LogP contribution is 2.23. The van der Waals surface area contributed by atoms with Gasteiger partial charge in [-0.3, -0.25) is 9.98 Å². The summed E-state index contributed by atoms with van der Waals surface area (Å²) < 4.78 is 5.73. The van der Waals surface area contributed by atoms with Gasteiger partial charge in [-0.1, -0.05) is 24.3 Å². The SMILES string of the molecule is C(=Nc1ccc(Oc2ccccc2)cc1)c1cccnc1. The number of aromatic nitrogens is 1. The Kier molecular flexibility index (Phi) is 4.03. The fourth-order valence-corrected chi connectivity index (χ4v) is 1.83. The van der Waals surface area contributed by atoms with Gasteiger partial charge in [0.2, 0.25) is 0 Å². The molecule has 0 saturated heterocycles. The molecule has 3 aromatic rings. The Morgan fingerprint density at radius 2 is 1.57 bits per heavy atom. The highest BCUT2D eigenvalue weighted by Gasteiger charge is 1.96. The second kappa shape index (κ2) is 6.48. The molecule has 3 rings (SSSR count). The van der Waals surface area contributed by atoms with Crippen LogP contribution in [0.2, 0.25) is 0 Å². The van der Waals surface area contributed by atoms with Gasteiger partial charge < -0.3 is 4.74 Å². The van der Waals surface area contributed by atoms with Crippen molar-refractivity contribution in [3.05, 3.63) is 84.7 Å². The molecule has 0 saturated carbocycles. The molecule has 1 aromatic heterocycles. The third-order valence-corrected chi connectivity index (χ3v) is 2.86. The van der Waals surface area contributed by atoms with E-state index in [4.69, 9.17) is 4.74 Å². The summed E-state index contributed by atoms with van der Waals surface area (Å²) in [6.45, 7) is 0. The molecule has 0 bridgehead atoms. The summed E-state index contributed by atoms with van der Waals surface area (Å²) in [6, 6.07) is 21.2. The van der Waals surface area contributed by atoms with Gasteiger partial charge in [0.25, 0.3) is 0 Å². The van der Waals surface area contributed by atoms with Crippen LogP contribution in [0.4, 0.5) is 5.69 Å². The standard InChI is InChI=1S/C18H14N2O/c1-2-6-17(7-3-1)21-18-10-8-16(9-11-18)20-14-15-5-4-12-19-13-15/h1-14H. The van der Waals surface area contributed by atoms with Crippen molar-refractivity contribution in [2.24, 2.45) is 4.99 Å². The molecule has 3 nitrogen and oxygen atoms in total. The van der Waals surface area contributed by atoms with Crippen molar-refractivity contribution in [1.82, 2.24) is 4.98 Å². The Bertz CT molecular complexity index is 707. The molecular formula is C18H14N2O. The average Bonchev–Trinajstić information content (AvgIpc) is 2.56. The van der Waals surface area contributed by atoms with E-state index >= 15 is 0 Å². The van der Waals surface area contributed by atoms with Crippen LogP contribution in [-0.4, -0.2) is 11.2 Å². The maximum absolute atomic E-state index is 5.73. The normalized spacial score (nSPS) is 10.7. The summed E-state index contributed by atoms with van der Waals surface area (Å²) in [5.41, 5.74) is 1.85. The summed E-state index contributed by atoms with van der Waals surface area (Å²) in [4.78, 5) is 8.45. The van der Waals surface area contributed by atoms with Gasteiger partial charge in [0.1, 0.15) is 11.5 Å². The lowest BCUT2D eigenvalue weighted by atomic mass is 10.3. The number of rotatable bonds is 4. The van der Waals surface area contributed by atoms with E-state index in [0.29, 0.717) is 0 Å². The minimum Gasteiger partial charge on any atom is -0.457 e. The minimum atomic E-state index is 0.793. The first-order valence-electron chi connectivity index (χ1n) is 6.67. The molecule has 102 valence electrons. The predicted molar refractivity (Wildman–Crippen MR) is 84.4 cm³/mol. The molecule has 0 radical (unpaired) electrons. The molecule has 1 heterocycles. The minimum absolute atomic E-state index is 0.793. The summed E-state index contributed by atoms with van der Waals surface area (Å²) in [6.07, 6.45) is 5.31. The predicted octanol–water partition coefficient (Wildman–Crippen LogP) is 4.62. The van der Waals surface area contributed by atoms with Crippen molar-refractivity contribution >= 4 is 11.9 Å². The van der Waals surface area contributed by atoms with Gasteiger partial charge >= 0.3 is 0 Å². The molecule has 0 atom stereocenters. The second-order valence-electron chi connectivity index (χ2n) is 4.45. The van der Waals surface area contributed by atoms with Crippen LogP contribution < -0.4 is 4.74 Å². The Balaban J connectivity index is 1.68. The van der Waals surface area contributed by atoms with E-state index in [1.165, 1.54) is 0 Å². The maximum atomic E-state index is 5.73. The fraction of sp³-hybridized carbons (Fsp3) is 0. The van der Waals surface area contributed by atoms with Crippen molar-refractivity contribution in [2.45, 2.75) is 0 Å². The molecular weight excluding hydrogens is 260 g/mol. The van der Waals surface area contributed by atoms with Gasteiger partial charge in [-0.15, -0.1) is 0 Å². The van der Waals surface area contributed by atoms with E-state index in [0.717, 1.165) is 22.7 Å². The van der Waals surface area contributed by atoms with E-state index in [-0.39, 0.29) is 0 Å². The molecule has 0 unspecified atom stereocenters. The van der Waals surface area contributed by atoms with Crippen molar-refractivity contribution in [3.63, 3.8) is 0 Å². The highest BCUT2D eigenvalue weighted by atomic mass is 16.5. The molecule has 21 heavy (non-hydrogen) atoms. The van der Waals surface area contributed by atoms with Crippen LogP contribution in [0.1, 0.15) is 5.56 Å². The molecule has 0 aliphatic heterocycles. The van der Waals surface area contributed by atoms with E-state index in [9.17, 15) is 0 Å². The summed E-state index contributed by atoms with van der Waals surface area (Å²) in [5.74, 6) is 1.62. The fourth-order valence-electron chi connectivity index (χ4n) is 1.83. The van der Waals surface area contributed by atoms with Gasteiger partial charge in [-0.25, -0.2) is 0 Å². The lowest BCUT2D eigenvalue weighted by Gasteiger charge is -2.05. The average molecular weight is 274 g/mol. The van der Waals surface area contributed by atoms with Gasteiger partial charge in [-0.05, 0) is 42.5 Å². The lowest BCUT2D eigenvalue weighted by molar-refractivity contribution is 0.483. The summed E-state index contributed by atoms with van der Waals surface area (Å²) >= 11 is 0. The zero-order valence-corrected chi connectivity index (χ0v) is 11.4. The molecule has 0 amide bonds. The van der Waals surface area contributed by atoms with Crippen LogP contribution in [0.15, 0.2) is 84.1 Å². The monoisotopic (exact) mass is 274 g/mol. The zero-order valence-electron chi connectivity index (χ0n) is 11.4. The first kappa shape index (κ1) is 13.1. The van der Waals surface area contributed by atoms with Crippen molar-refractivity contribution in [2.75, 3.05) is 0 Å². The third-order valence-electron chi connectivity index (χ3n) is 2.86. The van der Waals surface area contributed by atoms with Crippen molar-refractivity contribution in [3.8, 4) is 11.5 Å². The molecule has 0 aliphatic rings. The number of hydrogen-bond acceptors (Lipinski definition) is 3. The number of nitrogens with zero attached hydrogens (tertiary/aromatic N) is 2. The largest absolute Gasteiger partial charge is 0.457 e. The number of aliphatic imine (C=N–C) groups is 1. The molecule has 2 aromatic carbocycles. The van der Waals surface area contributed by atoms with Crippen LogP contribution in [-0.2, 0) is 0 Å². The number of hydrogen-bond donors (Lipinski definition) is 0. The van der Waals surface area contributed by atoms with Crippen LogP contribution in [0.25, 0.3) is 0 Å². The zero-order chi connectivity index (χ0) is 14.3. The van der Waals surface area contributed by atoms with Crippen LogP contribution in [0, 0.1) is 0 Å². The first-order chi connectivity index (χ1) is 10.4. The van der Waals surface area contributed by atoms with Crippen molar-refractivity contribution in [1.29, 1.82) is 0 Å². The molecule has 3 heteroatoms. The molecule has 0 spiro atoms. The third kappa shape index (κ3) is 3.76. The molecule has 0 fully saturated rings. The van der Waals surface area contributed by atoms with E-state index in [1.54, 1.807) is 18.6 Å². The van der Waals surface area contributed by atoms with Gasteiger partial charge in [0, 0.05) is 24.2 Å². The number of pyridine rings is 1. The Morgan fingerprint density at radius 3 is 2.29 bits per heavy atom. The maximum Gasteiger partial charge on any atom is 0.127 e. The number of benzene rings is 2. The Hall–Kier alpha value is -2.94. The van der Waals surface area contributed by atoms with Gasteiger partial charge in [-0.2, -0.15) is 0 Å². The van der Waals surface area contributed by atoms with Crippen LogP contribution in [0.3, 0.4) is 0 Å². The van der Waals surface area contributed by atoms with E-state index in [1.807, 2.05) is 66.7 Å². The topological polar surface area (TPSA) is 34.5 Å². The summed E-state index contributed by atoms with van der Waals surface area (Å²) in [7, 11) is 0. The van der Waals surface area contributed by atoms with Crippen LogP contribution in [0.5, 0.6) is 11.5 Å². The smallest absolute Gasteiger partial charge is 0.127 e. The van der Waals surface area contributed by atoms with Gasteiger partial charge in [0.15, 0.2) is 0 Å². The number of ether oxygens (including phenoxy) is 1. The van der Waals surface area contributed by atoms with Crippen molar-refractivity contribution < 1.29 is 4.74 Å².